The third-order valence-electron chi connectivity index (χ3n) is 7.06. The van der Waals surface area contributed by atoms with Crippen LogP contribution in [0.1, 0.15) is 88.0 Å². The molecule has 0 radical (unpaired) electrons. The molecule has 0 unspecified atom stereocenters. The lowest BCUT2D eigenvalue weighted by Crippen LogP contribution is -2.24. The number of hydrogen-bond acceptors (Lipinski definition) is 3. The molecule has 1 aliphatic rings. The number of nitrogens with zero attached hydrogens (tertiary/aromatic N) is 1. The summed E-state index contributed by atoms with van der Waals surface area (Å²) in [5, 5.41) is 6.79. The van der Waals surface area contributed by atoms with Gasteiger partial charge in [0.25, 0.3) is 5.91 Å². The summed E-state index contributed by atoms with van der Waals surface area (Å²) in [4.78, 5) is 17.7. The monoisotopic (exact) mass is 469 g/mol. The van der Waals surface area contributed by atoms with Gasteiger partial charge < -0.3 is 15.9 Å². The maximum atomic E-state index is 13.0. The molecule has 3 N–H and O–H groups in total. The molecule has 1 aliphatic carbocycles. The van der Waals surface area contributed by atoms with E-state index in [2.05, 4.69) is 55.5 Å². The Bertz CT molecular complexity index is 1250. The van der Waals surface area contributed by atoms with Crippen LogP contribution in [-0.2, 0) is 30.6 Å². The number of rotatable bonds is 8. The minimum atomic E-state index is -0.0632. The highest BCUT2D eigenvalue weighted by molar-refractivity contribution is 5.97. The maximum Gasteiger partial charge on any atom is 0.251 e. The van der Waals surface area contributed by atoms with Crippen LogP contribution in [0.4, 0.5) is 0 Å². The average Bonchev–Trinajstić information content (AvgIpc) is 2.89. The molecule has 0 spiro atoms. The topological polar surface area (TPSA) is 76.7 Å². The Morgan fingerprint density at radius 3 is 2.26 bits per heavy atom. The van der Waals surface area contributed by atoms with Gasteiger partial charge in [-0.3, -0.25) is 4.79 Å². The van der Waals surface area contributed by atoms with E-state index in [1.165, 1.54) is 40.5 Å². The van der Waals surface area contributed by atoms with Crippen molar-refractivity contribution in [2.75, 3.05) is 7.11 Å². The lowest BCUT2D eigenvalue weighted by Gasteiger charge is -2.30. The van der Waals surface area contributed by atoms with Gasteiger partial charge in [-0.2, -0.15) is 0 Å². The molecule has 182 valence electrons. The molecule has 0 aromatic heterocycles. The first-order chi connectivity index (χ1) is 17.0. The minimum Gasteiger partial charge on any atom is -0.397 e. The molecular weight excluding hydrogens is 434 g/mol. The SMILES string of the molecule is CCc1cc2c(cc1CC)[C@H](CC)c1ccc(C(=O)NCc3ccc(C(N)=NOC)cc3)cc1C2. The van der Waals surface area contributed by atoms with Crippen molar-refractivity contribution in [1.29, 1.82) is 0 Å². The number of aryl methyl sites for hydroxylation is 2. The summed E-state index contributed by atoms with van der Waals surface area (Å²) in [7, 11) is 1.46. The van der Waals surface area contributed by atoms with Crippen molar-refractivity contribution in [2.45, 2.75) is 58.9 Å². The number of benzene rings is 3. The Hall–Kier alpha value is -3.60. The van der Waals surface area contributed by atoms with E-state index in [9.17, 15) is 4.79 Å². The Kier molecular flexibility index (Phi) is 7.54. The predicted octanol–water partition coefficient (Wildman–Crippen LogP) is 5.45. The van der Waals surface area contributed by atoms with Crippen LogP contribution in [0.25, 0.3) is 0 Å². The molecule has 0 saturated carbocycles. The fourth-order valence-electron chi connectivity index (χ4n) is 5.18. The molecule has 4 rings (SSSR count). The van der Waals surface area contributed by atoms with Crippen LogP contribution in [-0.4, -0.2) is 18.9 Å². The molecule has 1 atom stereocenters. The first-order valence-corrected chi connectivity index (χ1v) is 12.5. The number of amidine groups is 1. The molecule has 5 heteroatoms. The van der Waals surface area contributed by atoms with Crippen LogP contribution in [0.15, 0.2) is 59.8 Å². The van der Waals surface area contributed by atoms with Gasteiger partial charge >= 0.3 is 0 Å². The van der Waals surface area contributed by atoms with Gasteiger partial charge in [0.05, 0.1) is 0 Å². The van der Waals surface area contributed by atoms with Gasteiger partial charge in [0.1, 0.15) is 7.11 Å². The second kappa shape index (κ2) is 10.8. The third kappa shape index (κ3) is 5.09. The summed E-state index contributed by atoms with van der Waals surface area (Å²) in [6.45, 7) is 7.16. The van der Waals surface area contributed by atoms with Gasteiger partial charge in [0.2, 0.25) is 0 Å². The highest BCUT2D eigenvalue weighted by Gasteiger charge is 2.26. The Balaban J connectivity index is 1.51. The zero-order valence-corrected chi connectivity index (χ0v) is 21.2. The van der Waals surface area contributed by atoms with Crippen molar-refractivity contribution in [1.82, 2.24) is 5.32 Å². The van der Waals surface area contributed by atoms with Crippen molar-refractivity contribution in [2.24, 2.45) is 10.9 Å². The van der Waals surface area contributed by atoms with Gasteiger partial charge in [-0.05, 0) is 76.8 Å². The second-order valence-electron chi connectivity index (χ2n) is 9.12. The molecule has 5 nitrogen and oxygen atoms in total. The zero-order valence-electron chi connectivity index (χ0n) is 21.2. The Morgan fingerprint density at radius 2 is 1.60 bits per heavy atom. The van der Waals surface area contributed by atoms with Crippen molar-refractivity contribution in [3.8, 4) is 0 Å². The summed E-state index contributed by atoms with van der Waals surface area (Å²) in [5.41, 5.74) is 16.7. The highest BCUT2D eigenvalue weighted by atomic mass is 16.6. The van der Waals surface area contributed by atoms with E-state index in [0.717, 1.165) is 36.8 Å². The van der Waals surface area contributed by atoms with Crippen molar-refractivity contribution >= 4 is 11.7 Å². The summed E-state index contributed by atoms with van der Waals surface area (Å²) in [6, 6.07) is 18.6. The normalized spacial score (nSPS) is 14.7. The number of fused-ring (bicyclic) bond motifs is 2. The van der Waals surface area contributed by atoms with E-state index < -0.39 is 0 Å². The first kappa shape index (κ1) is 24.5. The van der Waals surface area contributed by atoms with Crippen LogP contribution in [0, 0.1) is 0 Å². The zero-order chi connectivity index (χ0) is 24.9. The summed E-state index contributed by atoms with van der Waals surface area (Å²) >= 11 is 0. The number of nitrogens with one attached hydrogen (secondary N) is 1. The average molecular weight is 470 g/mol. The van der Waals surface area contributed by atoms with Gasteiger partial charge in [0, 0.05) is 23.6 Å². The van der Waals surface area contributed by atoms with E-state index in [4.69, 9.17) is 10.6 Å². The fraction of sp³-hybridized carbons (Fsp3) is 0.333. The number of nitrogens with two attached hydrogens (primary N) is 1. The number of amides is 1. The van der Waals surface area contributed by atoms with Crippen LogP contribution in [0.5, 0.6) is 0 Å². The molecule has 1 amide bonds. The van der Waals surface area contributed by atoms with Gasteiger partial charge in [-0.25, -0.2) is 0 Å². The molecule has 0 saturated heterocycles. The molecule has 35 heavy (non-hydrogen) atoms. The van der Waals surface area contributed by atoms with E-state index in [1.807, 2.05) is 30.3 Å². The first-order valence-electron chi connectivity index (χ1n) is 12.5. The number of carbonyl (C=O) groups excluding carboxylic acids is 1. The van der Waals surface area contributed by atoms with Crippen LogP contribution in [0.3, 0.4) is 0 Å². The minimum absolute atomic E-state index is 0.0632. The summed E-state index contributed by atoms with van der Waals surface area (Å²) in [5.74, 6) is 0.641. The predicted molar refractivity (Wildman–Crippen MR) is 142 cm³/mol. The van der Waals surface area contributed by atoms with Crippen molar-refractivity contribution in [3.63, 3.8) is 0 Å². The molecule has 0 fully saturated rings. The Labute approximate surface area is 208 Å². The highest BCUT2D eigenvalue weighted by Crippen LogP contribution is 2.40. The molecule has 0 heterocycles. The van der Waals surface area contributed by atoms with Gasteiger partial charge in [-0.1, -0.05) is 68.4 Å². The van der Waals surface area contributed by atoms with Crippen LogP contribution >= 0.6 is 0 Å². The quantitative estimate of drug-likeness (QED) is 0.261. The number of oxime groups is 1. The molecule has 0 bridgehead atoms. The summed E-state index contributed by atoms with van der Waals surface area (Å²) < 4.78 is 0. The van der Waals surface area contributed by atoms with Gasteiger partial charge in [0.15, 0.2) is 5.84 Å². The molecule has 3 aromatic rings. The standard InChI is InChI=1S/C30H35N3O2/c1-5-20-14-25-16-24-15-23(12-13-27(24)26(7-3)28(25)17-21(20)6-2)30(34)32-18-19-8-10-22(11-9-19)29(31)33-35-4/h8-15,17,26H,5-7,16,18H2,1-4H3,(H2,31,33)(H,32,34)/t26-/m1/s1. The lowest BCUT2D eigenvalue weighted by molar-refractivity contribution is 0.0951. The molecular formula is C30H35N3O2. The van der Waals surface area contributed by atoms with E-state index in [1.54, 1.807) is 0 Å². The second-order valence-corrected chi connectivity index (χ2v) is 9.12. The molecule has 3 aromatic carbocycles. The van der Waals surface area contributed by atoms with Crippen molar-refractivity contribution in [3.05, 3.63) is 105 Å². The van der Waals surface area contributed by atoms with Crippen LogP contribution in [0.2, 0.25) is 0 Å². The smallest absolute Gasteiger partial charge is 0.251 e. The van der Waals surface area contributed by atoms with Crippen LogP contribution < -0.4 is 11.1 Å². The van der Waals surface area contributed by atoms with Crippen molar-refractivity contribution < 1.29 is 9.63 Å². The van der Waals surface area contributed by atoms with Gasteiger partial charge in [-0.15, -0.1) is 0 Å². The number of carbonyl (C=O) groups is 1. The lowest BCUT2D eigenvalue weighted by atomic mass is 9.75. The molecule has 0 aliphatic heterocycles. The van der Waals surface area contributed by atoms with E-state index in [-0.39, 0.29) is 5.91 Å². The van der Waals surface area contributed by atoms with E-state index in [0.29, 0.717) is 23.9 Å². The number of hydrogen-bond donors (Lipinski definition) is 2. The fourth-order valence-corrected chi connectivity index (χ4v) is 5.18. The third-order valence-corrected chi connectivity index (χ3v) is 7.06. The maximum absolute atomic E-state index is 13.0. The van der Waals surface area contributed by atoms with E-state index >= 15 is 0 Å². The Morgan fingerprint density at radius 1 is 0.943 bits per heavy atom. The summed E-state index contributed by atoms with van der Waals surface area (Å²) in [6.07, 6.45) is 4.05. The largest absolute Gasteiger partial charge is 0.397 e.